The van der Waals surface area contributed by atoms with Crippen LogP contribution in [-0.4, -0.2) is 0 Å². The fourth-order valence-electron chi connectivity index (χ4n) is 8.15. The van der Waals surface area contributed by atoms with E-state index in [1.54, 1.807) is 0 Å². The van der Waals surface area contributed by atoms with Crippen LogP contribution in [0.4, 0.5) is 17.1 Å². The number of benzene rings is 8. The average molecular weight is 670 g/mol. The van der Waals surface area contributed by atoms with Crippen molar-refractivity contribution in [2.45, 2.75) is 19.3 Å². The second-order valence-electron chi connectivity index (χ2n) is 14.1. The predicted octanol–water partition coefficient (Wildman–Crippen LogP) is 13.8. The fraction of sp³-hybridized carbons (Fsp3) is 0.0612. The van der Waals surface area contributed by atoms with Gasteiger partial charge >= 0.3 is 0 Å². The van der Waals surface area contributed by atoms with Crippen LogP contribution in [0.5, 0.6) is 23.0 Å². The van der Waals surface area contributed by atoms with E-state index in [1.165, 1.54) is 22.3 Å². The Morgan fingerprint density at radius 1 is 0.404 bits per heavy atom. The molecule has 0 saturated heterocycles. The van der Waals surface area contributed by atoms with Crippen LogP contribution in [0, 0.1) is 0 Å². The topological polar surface area (TPSA) is 21.7 Å². The standard InChI is InChI=1S/C49H35NO2/c1-49(2)42-23-7-6-21-40(42)41-28-27-38(31-43(41)49)50(36-18-4-3-5-19-36)37-20-9-16-34(30-37)33-15-8-17-35(29-33)39-22-12-26-46-48(39)52-45-25-11-14-32-13-10-24-44(51-46)47(32)45/h3-31H,1-2H3. The van der Waals surface area contributed by atoms with E-state index < -0.39 is 0 Å². The van der Waals surface area contributed by atoms with E-state index in [9.17, 15) is 0 Å². The molecule has 1 aliphatic carbocycles. The highest BCUT2D eigenvalue weighted by atomic mass is 16.5. The zero-order chi connectivity index (χ0) is 34.8. The predicted molar refractivity (Wildman–Crippen MR) is 214 cm³/mol. The minimum Gasteiger partial charge on any atom is -0.453 e. The van der Waals surface area contributed by atoms with Crippen molar-refractivity contribution in [2.24, 2.45) is 0 Å². The summed E-state index contributed by atoms with van der Waals surface area (Å²) in [5.41, 5.74) is 12.9. The first-order valence-electron chi connectivity index (χ1n) is 17.8. The van der Waals surface area contributed by atoms with Crippen molar-refractivity contribution in [3.8, 4) is 56.4 Å². The maximum absolute atomic E-state index is 6.69. The highest BCUT2D eigenvalue weighted by Crippen LogP contribution is 2.52. The fourth-order valence-corrected chi connectivity index (χ4v) is 8.15. The summed E-state index contributed by atoms with van der Waals surface area (Å²) in [6.45, 7) is 4.67. The summed E-state index contributed by atoms with van der Waals surface area (Å²) in [4.78, 5) is 2.37. The van der Waals surface area contributed by atoms with Crippen molar-refractivity contribution in [1.82, 2.24) is 0 Å². The van der Waals surface area contributed by atoms with Gasteiger partial charge in [0.1, 0.15) is 11.5 Å². The number of hydrogen-bond acceptors (Lipinski definition) is 3. The van der Waals surface area contributed by atoms with Crippen LogP contribution >= 0.6 is 0 Å². The monoisotopic (exact) mass is 669 g/mol. The summed E-state index contributed by atoms with van der Waals surface area (Å²) in [6.07, 6.45) is 0. The van der Waals surface area contributed by atoms with Gasteiger partial charge in [-0.1, -0.05) is 129 Å². The molecule has 0 bridgehead atoms. The molecule has 0 radical (unpaired) electrons. The van der Waals surface area contributed by atoms with Crippen LogP contribution in [0.2, 0.25) is 0 Å². The largest absolute Gasteiger partial charge is 0.453 e. The molecular weight excluding hydrogens is 635 g/mol. The Morgan fingerprint density at radius 2 is 1.00 bits per heavy atom. The van der Waals surface area contributed by atoms with Gasteiger partial charge in [-0.05, 0) is 105 Å². The van der Waals surface area contributed by atoms with Crippen LogP contribution in [0.25, 0.3) is 44.2 Å². The molecule has 248 valence electrons. The summed E-state index contributed by atoms with van der Waals surface area (Å²) >= 11 is 0. The lowest BCUT2D eigenvalue weighted by atomic mass is 9.82. The normalized spacial score (nSPS) is 13.3. The first-order valence-corrected chi connectivity index (χ1v) is 17.8. The van der Waals surface area contributed by atoms with Crippen molar-refractivity contribution >= 4 is 27.8 Å². The van der Waals surface area contributed by atoms with Crippen molar-refractivity contribution in [3.63, 3.8) is 0 Å². The van der Waals surface area contributed by atoms with Gasteiger partial charge in [-0.15, -0.1) is 0 Å². The van der Waals surface area contributed by atoms with Crippen LogP contribution in [0.3, 0.4) is 0 Å². The van der Waals surface area contributed by atoms with E-state index in [2.05, 4.69) is 158 Å². The van der Waals surface area contributed by atoms with Crippen LogP contribution in [-0.2, 0) is 5.41 Å². The van der Waals surface area contributed by atoms with E-state index in [-0.39, 0.29) is 5.41 Å². The number of ether oxygens (including phenoxy) is 2. The highest BCUT2D eigenvalue weighted by Gasteiger charge is 2.35. The van der Waals surface area contributed by atoms with E-state index in [0.29, 0.717) is 11.5 Å². The zero-order valence-corrected chi connectivity index (χ0v) is 29.0. The van der Waals surface area contributed by atoms with E-state index in [0.717, 1.165) is 61.6 Å². The quantitative estimate of drug-likeness (QED) is 0.182. The lowest BCUT2D eigenvalue weighted by molar-refractivity contribution is 0.440. The van der Waals surface area contributed by atoms with Crippen molar-refractivity contribution in [1.29, 1.82) is 0 Å². The Bertz CT molecular complexity index is 2670. The molecule has 8 aromatic rings. The molecular formula is C49H35NO2. The molecule has 2 aliphatic rings. The third kappa shape index (κ3) is 4.81. The third-order valence-electron chi connectivity index (χ3n) is 10.7. The van der Waals surface area contributed by atoms with Gasteiger partial charge in [0, 0.05) is 28.0 Å². The van der Waals surface area contributed by atoms with Gasteiger partial charge in [0.2, 0.25) is 0 Å². The molecule has 3 nitrogen and oxygen atoms in total. The highest BCUT2D eigenvalue weighted by molar-refractivity contribution is 5.95. The van der Waals surface area contributed by atoms with Gasteiger partial charge in [0.15, 0.2) is 11.5 Å². The van der Waals surface area contributed by atoms with Gasteiger partial charge in [0.25, 0.3) is 0 Å². The van der Waals surface area contributed by atoms with E-state index in [4.69, 9.17) is 9.47 Å². The van der Waals surface area contributed by atoms with Gasteiger partial charge < -0.3 is 14.4 Å². The van der Waals surface area contributed by atoms with Gasteiger partial charge in [-0.3, -0.25) is 0 Å². The molecule has 0 unspecified atom stereocenters. The second-order valence-corrected chi connectivity index (χ2v) is 14.1. The third-order valence-corrected chi connectivity index (χ3v) is 10.7. The Balaban J connectivity index is 1.05. The molecule has 0 N–H and O–H groups in total. The molecule has 0 amide bonds. The smallest absolute Gasteiger partial charge is 0.177 e. The molecule has 1 heterocycles. The number of rotatable bonds is 5. The van der Waals surface area contributed by atoms with Crippen LogP contribution < -0.4 is 14.4 Å². The second kappa shape index (κ2) is 11.8. The zero-order valence-electron chi connectivity index (χ0n) is 29.0. The molecule has 0 saturated carbocycles. The molecule has 8 aromatic carbocycles. The lowest BCUT2D eigenvalue weighted by Crippen LogP contribution is -2.16. The SMILES string of the molecule is CC1(C)c2ccccc2-c2ccc(N(c3ccccc3)c3cccc(-c4cccc(-c5cccc6c5Oc5cccc7cccc(c57)O6)c4)c3)cc21. The summed E-state index contributed by atoms with van der Waals surface area (Å²) in [5.74, 6) is 3.01. The Hall–Kier alpha value is -6.58. The van der Waals surface area contributed by atoms with Gasteiger partial charge in [0.05, 0.1) is 5.39 Å². The van der Waals surface area contributed by atoms with Gasteiger partial charge in [-0.2, -0.15) is 0 Å². The molecule has 0 atom stereocenters. The van der Waals surface area contributed by atoms with Gasteiger partial charge in [-0.25, -0.2) is 0 Å². The number of fused-ring (bicyclic) bond motifs is 4. The minimum atomic E-state index is -0.0910. The Kier molecular flexibility index (Phi) is 6.84. The summed E-state index contributed by atoms with van der Waals surface area (Å²) in [6, 6.07) is 62.3. The maximum Gasteiger partial charge on any atom is 0.177 e. The first kappa shape index (κ1) is 30.3. The number of hydrogen-bond donors (Lipinski definition) is 0. The summed E-state index contributed by atoms with van der Waals surface area (Å²) in [5, 5.41) is 2.07. The maximum atomic E-state index is 6.69. The minimum absolute atomic E-state index is 0.0910. The molecule has 0 spiro atoms. The van der Waals surface area contributed by atoms with E-state index in [1.807, 2.05) is 36.4 Å². The van der Waals surface area contributed by atoms with Crippen LogP contribution in [0.1, 0.15) is 25.0 Å². The molecule has 10 rings (SSSR count). The number of nitrogens with zero attached hydrogens (tertiary/aromatic N) is 1. The lowest BCUT2D eigenvalue weighted by Gasteiger charge is -2.28. The van der Waals surface area contributed by atoms with Crippen LogP contribution in [0.15, 0.2) is 176 Å². The molecule has 0 aromatic heterocycles. The summed E-state index contributed by atoms with van der Waals surface area (Å²) < 4.78 is 13.2. The molecule has 3 heteroatoms. The Morgan fingerprint density at radius 3 is 1.85 bits per heavy atom. The number of para-hydroxylation sites is 2. The Labute approximate surface area is 304 Å². The molecule has 1 aliphatic heterocycles. The van der Waals surface area contributed by atoms with E-state index >= 15 is 0 Å². The van der Waals surface area contributed by atoms with Crippen molar-refractivity contribution < 1.29 is 9.47 Å². The number of anilines is 3. The summed E-state index contributed by atoms with van der Waals surface area (Å²) in [7, 11) is 0. The molecule has 0 fully saturated rings. The van der Waals surface area contributed by atoms with Crippen molar-refractivity contribution in [3.05, 3.63) is 187 Å². The first-order chi connectivity index (χ1) is 25.5. The molecule has 52 heavy (non-hydrogen) atoms. The average Bonchev–Trinajstić information content (AvgIpc) is 3.29. The van der Waals surface area contributed by atoms with Crippen molar-refractivity contribution in [2.75, 3.05) is 4.90 Å².